The summed E-state index contributed by atoms with van der Waals surface area (Å²) in [4.78, 5) is 13.1. The molecule has 1 unspecified atom stereocenters. The van der Waals surface area contributed by atoms with E-state index < -0.39 is 15.9 Å². The Bertz CT molecular complexity index is 1240. The van der Waals surface area contributed by atoms with Crippen molar-refractivity contribution in [2.24, 2.45) is 0 Å². The van der Waals surface area contributed by atoms with E-state index in [-0.39, 0.29) is 17.5 Å². The molecular formula is C26H29ClN2O4S. The highest BCUT2D eigenvalue weighted by Gasteiger charge is 2.28. The van der Waals surface area contributed by atoms with E-state index in [9.17, 15) is 13.2 Å². The van der Waals surface area contributed by atoms with Crippen LogP contribution >= 0.6 is 11.6 Å². The first-order valence-corrected chi connectivity index (χ1v) is 12.8. The first kappa shape index (κ1) is 25.6. The molecule has 0 saturated heterocycles. The summed E-state index contributed by atoms with van der Waals surface area (Å²) >= 11 is 5.94. The standard InChI is InChI=1S/C26H29ClN2O4S/c1-5-33-23-12-10-22(11-13-23)29(34(31,32)24-14-8-21(27)9-15-24)17-26(30)28-20(4)25-16-18(2)6-7-19(25)3/h6-16,20H,5,17H2,1-4H3,(H,28,30). The van der Waals surface area contributed by atoms with E-state index in [1.54, 1.807) is 24.3 Å². The van der Waals surface area contributed by atoms with Crippen molar-refractivity contribution in [3.05, 3.63) is 88.4 Å². The van der Waals surface area contributed by atoms with Gasteiger partial charge in [-0.25, -0.2) is 8.42 Å². The Balaban J connectivity index is 1.91. The van der Waals surface area contributed by atoms with Crippen LogP contribution in [0.3, 0.4) is 0 Å². The highest BCUT2D eigenvalue weighted by atomic mass is 35.5. The SMILES string of the molecule is CCOc1ccc(N(CC(=O)NC(C)c2cc(C)ccc2C)S(=O)(=O)c2ccc(Cl)cc2)cc1. The van der Waals surface area contributed by atoms with Crippen LogP contribution in [0.4, 0.5) is 5.69 Å². The molecule has 3 rings (SSSR count). The third kappa shape index (κ3) is 6.10. The van der Waals surface area contributed by atoms with Crippen LogP contribution in [-0.4, -0.2) is 27.5 Å². The molecule has 0 radical (unpaired) electrons. The van der Waals surface area contributed by atoms with E-state index in [0.717, 1.165) is 21.0 Å². The fourth-order valence-electron chi connectivity index (χ4n) is 3.65. The second kappa shape index (κ2) is 10.9. The molecule has 0 bridgehead atoms. The summed E-state index contributed by atoms with van der Waals surface area (Å²) in [5, 5.41) is 3.36. The van der Waals surface area contributed by atoms with E-state index in [2.05, 4.69) is 5.32 Å². The Morgan fingerprint density at radius 1 is 1.03 bits per heavy atom. The number of carbonyl (C=O) groups is 1. The maximum atomic E-state index is 13.5. The van der Waals surface area contributed by atoms with Crippen molar-refractivity contribution in [3.8, 4) is 5.75 Å². The van der Waals surface area contributed by atoms with Gasteiger partial charge in [-0.05, 0) is 87.4 Å². The Morgan fingerprint density at radius 2 is 1.68 bits per heavy atom. The van der Waals surface area contributed by atoms with Crippen molar-refractivity contribution < 1.29 is 17.9 Å². The molecule has 6 nitrogen and oxygen atoms in total. The van der Waals surface area contributed by atoms with Crippen LogP contribution in [0.1, 0.15) is 36.6 Å². The van der Waals surface area contributed by atoms with Gasteiger partial charge in [0.05, 0.1) is 23.2 Å². The molecule has 8 heteroatoms. The van der Waals surface area contributed by atoms with Gasteiger partial charge in [0.1, 0.15) is 12.3 Å². The molecule has 0 fully saturated rings. The quantitative estimate of drug-likeness (QED) is 0.425. The first-order valence-electron chi connectivity index (χ1n) is 11.0. The number of hydrogen-bond donors (Lipinski definition) is 1. The Morgan fingerprint density at radius 3 is 2.29 bits per heavy atom. The number of benzene rings is 3. The number of anilines is 1. The van der Waals surface area contributed by atoms with Gasteiger partial charge in [-0.3, -0.25) is 9.10 Å². The van der Waals surface area contributed by atoms with Crippen molar-refractivity contribution >= 4 is 33.2 Å². The molecule has 1 N–H and O–H groups in total. The lowest BCUT2D eigenvalue weighted by atomic mass is 10.00. The average Bonchev–Trinajstić information content (AvgIpc) is 2.80. The second-order valence-corrected chi connectivity index (χ2v) is 10.3. The molecule has 0 aliphatic rings. The lowest BCUT2D eigenvalue weighted by Crippen LogP contribution is -2.41. The molecule has 1 amide bonds. The van der Waals surface area contributed by atoms with E-state index in [4.69, 9.17) is 16.3 Å². The molecule has 3 aromatic carbocycles. The average molecular weight is 501 g/mol. The van der Waals surface area contributed by atoms with Gasteiger partial charge >= 0.3 is 0 Å². The van der Waals surface area contributed by atoms with Crippen LogP contribution < -0.4 is 14.4 Å². The minimum atomic E-state index is -4.03. The van der Waals surface area contributed by atoms with E-state index in [0.29, 0.717) is 23.1 Å². The van der Waals surface area contributed by atoms with Gasteiger partial charge in [0.25, 0.3) is 10.0 Å². The molecule has 0 spiro atoms. The van der Waals surface area contributed by atoms with Crippen LogP contribution in [0.15, 0.2) is 71.6 Å². The van der Waals surface area contributed by atoms with Gasteiger partial charge < -0.3 is 10.1 Å². The van der Waals surface area contributed by atoms with E-state index in [1.165, 1.54) is 24.3 Å². The summed E-state index contributed by atoms with van der Waals surface area (Å²) in [6.07, 6.45) is 0. The van der Waals surface area contributed by atoms with Gasteiger partial charge in [-0.1, -0.05) is 35.4 Å². The smallest absolute Gasteiger partial charge is 0.264 e. The van der Waals surface area contributed by atoms with Crippen molar-refractivity contribution in [2.75, 3.05) is 17.5 Å². The van der Waals surface area contributed by atoms with Crippen LogP contribution in [-0.2, 0) is 14.8 Å². The zero-order valence-corrected chi connectivity index (χ0v) is 21.3. The molecular weight excluding hydrogens is 472 g/mol. The number of halogens is 1. The molecule has 0 aromatic heterocycles. The molecule has 34 heavy (non-hydrogen) atoms. The highest BCUT2D eigenvalue weighted by Crippen LogP contribution is 2.27. The predicted molar refractivity (Wildman–Crippen MR) is 136 cm³/mol. The fourth-order valence-corrected chi connectivity index (χ4v) is 5.19. The van der Waals surface area contributed by atoms with Gasteiger partial charge in [-0.2, -0.15) is 0 Å². The lowest BCUT2D eigenvalue weighted by molar-refractivity contribution is -0.120. The zero-order chi connectivity index (χ0) is 24.9. The summed E-state index contributed by atoms with van der Waals surface area (Å²) in [5.74, 6) is 0.197. The summed E-state index contributed by atoms with van der Waals surface area (Å²) < 4.78 is 33.6. The van der Waals surface area contributed by atoms with Crippen molar-refractivity contribution in [3.63, 3.8) is 0 Å². The first-order chi connectivity index (χ1) is 16.1. The van der Waals surface area contributed by atoms with Crippen molar-refractivity contribution in [1.29, 1.82) is 0 Å². The number of nitrogens with one attached hydrogen (secondary N) is 1. The Labute approximate surface area is 206 Å². The Kier molecular flexibility index (Phi) is 8.23. The van der Waals surface area contributed by atoms with Crippen molar-refractivity contribution in [2.45, 2.75) is 38.6 Å². The number of nitrogens with zero attached hydrogens (tertiary/aromatic N) is 1. The molecule has 3 aromatic rings. The topological polar surface area (TPSA) is 75.7 Å². The number of aryl methyl sites for hydroxylation is 2. The largest absolute Gasteiger partial charge is 0.494 e. The summed E-state index contributed by atoms with van der Waals surface area (Å²) in [7, 11) is -4.03. The number of hydrogen-bond acceptors (Lipinski definition) is 4. The minimum Gasteiger partial charge on any atom is -0.494 e. The maximum Gasteiger partial charge on any atom is 0.264 e. The van der Waals surface area contributed by atoms with Crippen LogP contribution in [0.25, 0.3) is 0 Å². The molecule has 0 heterocycles. The van der Waals surface area contributed by atoms with Crippen LogP contribution in [0.2, 0.25) is 5.02 Å². The number of sulfonamides is 1. The number of rotatable bonds is 9. The van der Waals surface area contributed by atoms with Gasteiger partial charge in [0.2, 0.25) is 5.91 Å². The normalized spacial score (nSPS) is 12.1. The van der Waals surface area contributed by atoms with E-state index in [1.807, 2.05) is 45.9 Å². The summed E-state index contributed by atoms with van der Waals surface area (Å²) in [6, 6.07) is 18.2. The second-order valence-electron chi connectivity index (χ2n) is 8.04. The number of amides is 1. The molecule has 0 saturated carbocycles. The fraction of sp³-hybridized carbons (Fsp3) is 0.269. The maximum absolute atomic E-state index is 13.5. The monoisotopic (exact) mass is 500 g/mol. The predicted octanol–water partition coefficient (Wildman–Crippen LogP) is 5.43. The lowest BCUT2D eigenvalue weighted by Gasteiger charge is -2.25. The summed E-state index contributed by atoms with van der Waals surface area (Å²) in [5.41, 5.74) is 3.48. The minimum absolute atomic E-state index is 0.0427. The third-order valence-corrected chi connectivity index (χ3v) is 7.44. The van der Waals surface area contributed by atoms with E-state index >= 15 is 0 Å². The van der Waals surface area contributed by atoms with Crippen LogP contribution in [0.5, 0.6) is 5.75 Å². The molecule has 1 atom stereocenters. The van der Waals surface area contributed by atoms with Gasteiger partial charge in [0, 0.05) is 5.02 Å². The number of carbonyl (C=O) groups excluding carboxylic acids is 1. The molecule has 180 valence electrons. The highest BCUT2D eigenvalue weighted by molar-refractivity contribution is 7.92. The zero-order valence-electron chi connectivity index (χ0n) is 19.7. The van der Waals surface area contributed by atoms with Gasteiger partial charge in [-0.15, -0.1) is 0 Å². The number of ether oxygens (including phenoxy) is 1. The van der Waals surface area contributed by atoms with Crippen LogP contribution in [0, 0.1) is 13.8 Å². The molecule has 0 aliphatic heterocycles. The molecule has 0 aliphatic carbocycles. The summed E-state index contributed by atoms with van der Waals surface area (Å²) in [6.45, 7) is 7.83. The van der Waals surface area contributed by atoms with Gasteiger partial charge in [0.15, 0.2) is 0 Å². The Hall–Kier alpha value is -3.03. The third-order valence-electron chi connectivity index (χ3n) is 5.40. The van der Waals surface area contributed by atoms with Crippen molar-refractivity contribution in [1.82, 2.24) is 5.32 Å².